The van der Waals surface area contributed by atoms with Gasteiger partial charge in [-0.05, 0) is 54.3 Å². The Balaban J connectivity index is 1.25. The molecule has 2 N–H and O–H groups in total. The lowest BCUT2D eigenvalue weighted by molar-refractivity contribution is 0.0383. The molecule has 9 nitrogen and oxygen atoms in total. The van der Waals surface area contributed by atoms with Crippen molar-refractivity contribution in [3.05, 3.63) is 71.5 Å². The fraction of sp³-hybridized carbons (Fsp3) is 0.367. The van der Waals surface area contributed by atoms with Gasteiger partial charge >= 0.3 is 0 Å². The number of ether oxygens (including phenoxy) is 2. The molecule has 0 radical (unpaired) electrons. The summed E-state index contributed by atoms with van der Waals surface area (Å²) in [5.74, 6) is 2.15. The largest absolute Gasteiger partial charge is 0.457 e. The number of nitrogens with zero attached hydrogens (tertiary/aromatic N) is 4. The lowest BCUT2D eigenvalue weighted by atomic mass is 9.97. The number of anilines is 2. The SMILES string of the molecule is Cc1ccc(Nc2nc3cc(Oc4ccnc(C(=O)NCCN5CCOCC5)c4)ccc3n2C)cc1C(C)C. The molecule has 0 aliphatic carbocycles. The van der Waals surface area contributed by atoms with E-state index >= 15 is 0 Å². The number of hydrogen-bond donors (Lipinski definition) is 2. The minimum Gasteiger partial charge on any atom is -0.457 e. The van der Waals surface area contributed by atoms with E-state index in [9.17, 15) is 4.79 Å². The number of aryl methyl sites for hydroxylation is 2. The summed E-state index contributed by atoms with van der Waals surface area (Å²) in [7, 11) is 1.99. The van der Waals surface area contributed by atoms with Gasteiger partial charge in [0.2, 0.25) is 5.95 Å². The van der Waals surface area contributed by atoms with Crippen LogP contribution in [0.2, 0.25) is 0 Å². The van der Waals surface area contributed by atoms with Gasteiger partial charge in [0.1, 0.15) is 17.2 Å². The molecule has 1 fully saturated rings. The molecule has 2 aromatic heterocycles. The highest BCUT2D eigenvalue weighted by atomic mass is 16.5. The van der Waals surface area contributed by atoms with Crippen molar-refractivity contribution >= 4 is 28.6 Å². The molecule has 9 heteroatoms. The summed E-state index contributed by atoms with van der Waals surface area (Å²) in [4.78, 5) is 23.9. The number of aromatic nitrogens is 3. The van der Waals surface area contributed by atoms with Gasteiger partial charge in [0, 0.05) is 57.2 Å². The van der Waals surface area contributed by atoms with Crippen LogP contribution in [0.15, 0.2) is 54.7 Å². The molecule has 2 aromatic carbocycles. The number of fused-ring (bicyclic) bond motifs is 1. The van der Waals surface area contributed by atoms with Crippen LogP contribution in [-0.4, -0.2) is 64.7 Å². The van der Waals surface area contributed by atoms with Gasteiger partial charge in [0.05, 0.1) is 24.2 Å². The van der Waals surface area contributed by atoms with Crippen molar-refractivity contribution in [2.24, 2.45) is 7.05 Å². The van der Waals surface area contributed by atoms with Crippen LogP contribution < -0.4 is 15.4 Å². The van der Waals surface area contributed by atoms with E-state index in [4.69, 9.17) is 14.5 Å². The summed E-state index contributed by atoms with van der Waals surface area (Å²) in [5, 5.41) is 6.40. The average molecular weight is 529 g/mol. The van der Waals surface area contributed by atoms with Crippen molar-refractivity contribution in [2.75, 3.05) is 44.7 Å². The van der Waals surface area contributed by atoms with Gasteiger partial charge in [0.15, 0.2) is 0 Å². The van der Waals surface area contributed by atoms with Crippen molar-refractivity contribution in [3.63, 3.8) is 0 Å². The minimum absolute atomic E-state index is 0.221. The zero-order valence-corrected chi connectivity index (χ0v) is 23.0. The summed E-state index contributed by atoms with van der Waals surface area (Å²) in [6, 6.07) is 15.6. The Bertz CT molecular complexity index is 1460. The average Bonchev–Trinajstić information content (AvgIpc) is 3.24. The number of imidazole rings is 1. The van der Waals surface area contributed by atoms with Gasteiger partial charge in [0.25, 0.3) is 5.91 Å². The number of rotatable bonds is 9. The molecule has 0 spiro atoms. The van der Waals surface area contributed by atoms with Crippen molar-refractivity contribution in [1.82, 2.24) is 24.8 Å². The summed E-state index contributed by atoms with van der Waals surface area (Å²) in [6.07, 6.45) is 1.58. The molecule has 204 valence electrons. The van der Waals surface area contributed by atoms with E-state index in [-0.39, 0.29) is 5.91 Å². The normalized spacial score (nSPS) is 14.1. The van der Waals surface area contributed by atoms with Crippen LogP contribution in [0.1, 0.15) is 41.4 Å². The summed E-state index contributed by atoms with van der Waals surface area (Å²) in [6.45, 7) is 11.1. The van der Waals surface area contributed by atoms with Gasteiger partial charge < -0.3 is 24.7 Å². The second kappa shape index (κ2) is 11.8. The van der Waals surface area contributed by atoms with Crippen molar-refractivity contribution in [2.45, 2.75) is 26.7 Å². The molecule has 0 unspecified atom stereocenters. The number of benzene rings is 2. The van der Waals surface area contributed by atoms with Gasteiger partial charge in [-0.3, -0.25) is 14.7 Å². The molecular weight excluding hydrogens is 492 g/mol. The van der Waals surface area contributed by atoms with Crippen LogP contribution in [0, 0.1) is 6.92 Å². The Kier molecular flexibility index (Phi) is 8.09. The molecule has 1 aliphatic rings. The molecule has 0 atom stereocenters. The molecule has 4 aromatic rings. The van der Waals surface area contributed by atoms with Gasteiger partial charge in [-0.1, -0.05) is 19.9 Å². The maximum absolute atomic E-state index is 12.6. The zero-order chi connectivity index (χ0) is 27.4. The lowest BCUT2D eigenvalue weighted by Crippen LogP contribution is -2.41. The Morgan fingerprint density at radius 2 is 1.87 bits per heavy atom. The van der Waals surface area contributed by atoms with E-state index in [0.717, 1.165) is 55.5 Å². The third-order valence-electron chi connectivity index (χ3n) is 7.03. The topological polar surface area (TPSA) is 93.5 Å². The Morgan fingerprint density at radius 1 is 1.08 bits per heavy atom. The highest BCUT2D eigenvalue weighted by Crippen LogP contribution is 2.29. The quantitative estimate of drug-likeness (QED) is 0.316. The van der Waals surface area contributed by atoms with Crippen LogP contribution in [0.4, 0.5) is 11.6 Å². The van der Waals surface area contributed by atoms with Crippen LogP contribution in [0.25, 0.3) is 11.0 Å². The van der Waals surface area contributed by atoms with E-state index in [2.05, 4.69) is 59.5 Å². The summed E-state index contributed by atoms with van der Waals surface area (Å²) < 4.78 is 13.5. The molecule has 0 bridgehead atoms. The van der Waals surface area contributed by atoms with Crippen LogP contribution in [-0.2, 0) is 11.8 Å². The molecular formula is C30H36N6O3. The van der Waals surface area contributed by atoms with Gasteiger partial charge in [-0.25, -0.2) is 4.98 Å². The van der Waals surface area contributed by atoms with Crippen molar-refractivity contribution < 1.29 is 14.3 Å². The molecule has 3 heterocycles. The van der Waals surface area contributed by atoms with Crippen LogP contribution >= 0.6 is 0 Å². The fourth-order valence-electron chi connectivity index (χ4n) is 4.80. The first kappa shape index (κ1) is 26.6. The second-order valence-corrected chi connectivity index (χ2v) is 10.2. The molecule has 39 heavy (non-hydrogen) atoms. The number of amides is 1. The first-order valence-electron chi connectivity index (χ1n) is 13.4. The number of hydrogen-bond acceptors (Lipinski definition) is 7. The number of carbonyl (C=O) groups is 1. The van der Waals surface area contributed by atoms with E-state index < -0.39 is 0 Å². The Labute approximate surface area is 229 Å². The van der Waals surface area contributed by atoms with Gasteiger partial charge in [-0.15, -0.1) is 0 Å². The smallest absolute Gasteiger partial charge is 0.270 e. The molecule has 1 saturated heterocycles. The van der Waals surface area contributed by atoms with E-state index in [1.165, 1.54) is 11.1 Å². The molecule has 1 aliphatic heterocycles. The van der Waals surface area contributed by atoms with E-state index in [1.54, 1.807) is 18.3 Å². The predicted molar refractivity (Wildman–Crippen MR) is 153 cm³/mol. The predicted octanol–water partition coefficient (Wildman–Crippen LogP) is 5.00. The second-order valence-electron chi connectivity index (χ2n) is 10.2. The zero-order valence-electron chi connectivity index (χ0n) is 23.0. The third-order valence-corrected chi connectivity index (χ3v) is 7.03. The van der Waals surface area contributed by atoms with Crippen LogP contribution in [0.3, 0.4) is 0 Å². The first-order chi connectivity index (χ1) is 18.9. The molecule has 0 saturated carbocycles. The summed E-state index contributed by atoms with van der Waals surface area (Å²) in [5.41, 5.74) is 5.72. The lowest BCUT2D eigenvalue weighted by Gasteiger charge is -2.26. The first-order valence-corrected chi connectivity index (χ1v) is 13.4. The number of nitrogens with one attached hydrogen (secondary N) is 2. The Hall–Kier alpha value is -3.95. The minimum atomic E-state index is -0.221. The maximum atomic E-state index is 12.6. The van der Waals surface area contributed by atoms with Crippen LogP contribution in [0.5, 0.6) is 11.5 Å². The molecule has 5 rings (SSSR count). The third kappa shape index (κ3) is 6.38. The number of morpholine rings is 1. The monoisotopic (exact) mass is 528 g/mol. The highest BCUT2D eigenvalue weighted by Gasteiger charge is 2.14. The van der Waals surface area contributed by atoms with Crippen molar-refractivity contribution in [3.8, 4) is 11.5 Å². The summed E-state index contributed by atoms with van der Waals surface area (Å²) >= 11 is 0. The highest BCUT2D eigenvalue weighted by molar-refractivity contribution is 5.92. The van der Waals surface area contributed by atoms with Crippen molar-refractivity contribution in [1.29, 1.82) is 0 Å². The van der Waals surface area contributed by atoms with Gasteiger partial charge in [-0.2, -0.15) is 0 Å². The standard InChI is InChI=1S/C30H36N6O3/c1-20(2)25-17-22(6-5-21(25)3)33-30-34-26-18-23(7-8-28(26)35(30)4)39-24-9-10-31-27(19-24)29(37)32-11-12-36-13-15-38-16-14-36/h5-10,17-20H,11-16H2,1-4H3,(H,32,37)(H,33,34). The number of pyridine rings is 1. The van der Waals surface area contributed by atoms with E-state index in [1.807, 2.05) is 29.8 Å². The Morgan fingerprint density at radius 3 is 2.67 bits per heavy atom. The van der Waals surface area contributed by atoms with E-state index in [0.29, 0.717) is 29.7 Å². The number of carbonyl (C=O) groups excluding carboxylic acids is 1. The fourth-order valence-corrected chi connectivity index (χ4v) is 4.80. The molecule has 1 amide bonds. The maximum Gasteiger partial charge on any atom is 0.270 e.